The molecular formula is C16H35N3. The SMILES string of the molecule is CCCN1CCC(C(C)NC(C)CCN(C)C)CC1. The van der Waals surface area contributed by atoms with E-state index in [1.165, 1.54) is 51.9 Å². The predicted octanol–water partition coefficient (Wildman–Crippen LogP) is 2.43. The summed E-state index contributed by atoms with van der Waals surface area (Å²) in [6.07, 6.45) is 5.27. The van der Waals surface area contributed by atoms with Crippen LogP contribution < -0.4 is 5.32 Å². The molecule has 0 saturated carbocycles. The number of rotatable bonds is 8. The Morgan fingerprint density at radius 2 is 1.84 bits per heavy atom. The Labute approximate surface area is 120 Å². The van der Waals surface area contributed by atoms with Gasteiger partial charge >= 0.3 is 0 Å². The average molecular weight is 269 g/mol. The Kier molecular flexibility index (Phi) is 7.96. The minimum Gasteiger partial charge on any atom is -0.311 e. The van der Waals surface area contributed by atoms with Crippen LogP contribution in [0.3, 0.4) is 0 Å². The topological polar surface area (TPSA) is 18.5 Å². The van der Waals surface area contributed by atoms with Gasteiger partial charge in [-0.05, 0) is 85.7 Å². The Morgan fingerprint density at radius 3 is 2.37 bits per heavy atom. The first-order valence-corrected chi connectivity index (χ1v) is 8.16. The van der Waals surface area contributed by atoms with Crippen LogP contribution in [0.2, 0.25) is 0 Å². The highest BCUT2D eigenvalue weighted by Gasteiger charge is 2.24. The molecule has 0 aromatic heterocycles. The van der Waals surface area contributed by atoms with Crippen LogP contribution in [0.25, 0.3) is 0 Å². The number of nitrogens with zero attached hydrogens (tertiary/aromatic N) is 2. The highest BCUT2D eigenvalue weighted by molar-refractivity contribution is 4.81. The molecule has 1 aliphatic rings. The van der Waals surface area contributed by atoms with E-state index < -0.39 is 0 Å². The van der Waals surface area contributed by atoms with Crippen LogP contribution >= 0.6 is 0 Å². The molecule has 114 valence electrons. The summed E-state index contributed by atoms with van der Waals surface area (Å²) in [6, 6.07) is 1.30. The number of likely N-dealkylation sites (tertiary alicyclic amines) is 1. The molecule has 1 rings (SSSR count). The van der Waals surface area contributed by atoms with Crippen LogP contribution in [-0.2, 0) is 0 Å². The normalized spacial score (nSPS) is 21.8. The smallest absolute Gasteiger partial charge is 0.00704 e. The van der Waals surface area contributed by atoms with Gasteiger partial charge < -0.3 is 15.1 Å². The van der Waals surface area contributed by atoms with E-state index in [9.17, 15) is 0 Å². The first-order chi connectivity index (χ1) is 9.02. The van der Waals surface area contributed by atoms with Crippen molar-refractivity contribution in [2.75, 3.05) is 40.3 Å². The molecule has 0 bridgehead atoms. The molecule has 1 heterocycles. The van der Waals surface area contributed by atoms with Crippen molar-refractivity contribution in [2.24, 2.45) is 5.92 Å². The van der Waals surface area contributed by atoms with Gasteiger partial charge in [0.2, 0.25) is 0 Å². The van der Waals surface area contributed by atoms with E-state index in [1.807, 2.05) is 0 Å². The van der Waals surface area contributed by atoms with Gasteiger partial charge in [-0.1, -0.05) is 6.92 Å². The van der Waals surface area contributed by atoms with Crippen LogP contribution in [0.4, 0.5) is 0 Å². The lowest BCUT2D eigenvalue weighted by atomic mass is 9.89. The molecule has 0 aromatic carbocycles. The van der Waals surface area contributed by atoms with E-state index in [0.29, 0.717) is 12.1 Å². The summed E-state index contributed by atoms with van der Waals surface area (Å²) in [4.78, 5) is 4.89. The van der Waals surface area contributed by atoms with Crippen molar-refractivity contribution in [3.05, 3.63) is 0 Å². The fourth-order valence-electron chi connectivity index (χ4n) is 3.11. The Hall–Kier alpha value is -0.120. The molecule has 1 fully saturated rings. The van der Waals surface area contributed by atoms with Crippen LogP contribution in [0.5, 0.6) is 0 Å². The first-order valence-electron chi connectivity index (χ1n) is 8.16. The molecule has 2 unspecified atom stereocenters. The number of nitrogens with one attached hydrogen (secondary N) is 1. The molecule has 3 heteroatoms. The van der Waals surface area contributed by atoms with E-state index in [-0.39, 0.29) is 0 Å². The van der Waals surface area contributed by atoms with Crippen molar-refractivity contribution in [3.8, 4) is 0 Å². The number of piperidine rings is 1. The quantitative estimate of drug-likeness (QED) is 0.730. The van der Waals surface area contributed by atoms with Crippen molar-refractivity contribution in [1.82, 2.24) is 15.1 Å². The highest BCUT2D eigenvalue weighted by Crippen LogP contribution is 2.21. The van der Waals surface area contributed by atoms with Gasteiger partial charge in [0.1, 0.15) is 0 Å². The van der Waals surface area contributed by atoms with Gasteiger partial charge in [0, 0.05) is 12.1 Å². The zero-order valence-electron chi connectivity index (χ0n) is 13.8. The molecule has 0 spiro atoms. The third kappa shape index (κ3) is 6.73. The lowest BCUT2D eigenvalue weighted by molar-refractivity contribution is 0.158. The van der Waals surface area contributed by atoms with Crippen molar-refractivity contribution in [3.63, 3.8) is 0 Å². The molecular weight excluding hydrogens is 234 g/mol. The fraction of sp³-hybridized carbons (Fsp3) is 1.00. The summed E-state index contributed by atoms with van der Waals surface area (Å²) >= 11 is 0. The average Bonchev–Trinajstić information content (AvgIpc) is 2.37. The Morgan fingerprint density at radius 1 is 1.21 bits per heavy atom. The summed E-state index contributed by atoms with van der Waals surface area (Å²) in [5.41, 5.74) is 0. The second kappa shape index (κ2) is 8.93. The van der Waals surface area contributed by atoms with E-state index >= 15 is 0 Å². The molecule has 1 saturated heterocycles. The van der Waals surface area contributed by atoms with Gasteiger partial charge in [-0.3, -0.25) is 0 Å². The standard InChI is InChI=1S/C16H35N3/c1-6-10-19-12-8-16(9-13-19)15(3)17-14(2)7-11-18(4)5/h14-17H,6-13H2,1-5H3. The second-order valence-corrected chi connectivity index (χ2v) is 6.63. The van der Waals surface area contributed by atoms with Crippen LogP contribution in [0.1, 0.15) is 46.5 Å². The van der Waals surface area contributed by atoms with Gasteiger partial charge in [0.05, 0.1) is 0 Å². The van der Waals surface area contributed by atoms with Gasteiger partial charge in [-0.2, -0.15) is 0 Å². The molecule has 0 amide bonds. The number of hydrogen-bond donors (Lipinski definition) is 1. The zero-order valence-corrected chi connectivity index (χ0v) is 13.8. The maximum absolute atomic E-state index is 3.81. The monoisotopic (exact) mass is 269 g/mol. The van der Waals surface area contributed by atoms with E-state index in [4.69, 9.17) is 0 Å². The summed E-state index contributed by atoms with van der Waals surface area (Å²) in [7, 11) is 4.30. The molecule has 0 aromatic rings. The highest BCUT2D eigenvalue weighted by atomic mass is 15.1. The first kappa shape index (κ1) is 16.9. The zero-order chi connectivity index (χ0) is 14.3. The molecule has 0 radical (unpaired) electrons. The van der Waals surface area contributed by atoms with Crippen LogP contribution in [-0.4, -0.2) is 62.2 Å². The molecule has 1 aliphatic heterocycles. The van der Waals surface area contributed by atoms with Crippen molar-refractivity contribution >= 4 is 0 Å². The Bertz CT molecular complexity index is 222. The van der Waals surface area contributed by atoms with Gasteiger partial charge in [-0.25, -0.2) is 0 Å². The van der Waals surface area contributed by atoms with Crippen molar-refractivity contribution in [1.29, 1.82) is 0 Å². The third-order valence-electron chi connectivity index (χ3n) is 4.44. The van der Waals surface area contributed by atoms with E-state index in [1.54, 1.807) is 0 Å². The summed E-state index contributed by atoms with van der Waals surface area (Å²) < 4.78 is 0. The van der Waals surface area contributed by atoms with Crippen LogP contribution in [0.15, 0.2) is 0 Å². The molecule has 1 N–H and O–H groups in total. The minimum atomic E-state index is 0.631. The molecule has 0 aliphatic carbocycles. The predicted molar refractivity (Wildman–Crippen MR) is 84.7 cm³/mol. The molecule has 3 nitrogen and oxygen atoms in total. The summed E-state index contributed by atoms with van der Waals surface area (Å²) in [6.45, 7) is 12.1. The van der Waals surface area contributed by atoms with Crippen molar-refractivity contribution in [2.45, 2.75) is 58.5 Å². The summed E-state index contributed by atoms with van der Waals surface area (Å²) in [5.74, 6) is 0.870. The maximum Gasteiger partial charge on any atom is 0.00704 e. The largest absolute Gasteiger partial charge is 0.311 e. The van der Waals surface area contributed by atoms with E-state index in [0.717, 1.165) is 5.92 Å². The van der Waals surface area contributed by atoms with Gasteiger partial charge in [0.15, 0.2) is 0 Å². The van der Waals surface area contributed by atoms with Gasteiger partial charge in [-0.15, -0.1) is 0 Å². The lowest BCUT2D eigenvalue weighted by Gasteiger charge is -2.36. The third-order valence-corrected chi connectivity index (χ3v) is 4.44. The second-order valence-electron chi connectivity index (χ2n) is 6.63. The van der Waals surface area contributed by atoms with Crippen LogP contribution in [0, 0.1) is 5.92 Å². The van der Waals surface area contributed by atoms with Gasteiger partial charge in [0.25, 0.3) is 0 Å². The van der Waals surface area contributed by atoms with Crippen molar-refractivity contribution < 1.29 is 0 Å². The number of hydrogen-bond acceptors (Lipinski definition) is 3. The summed E-state index contributed by atoms with van der Waals surface area (Å²) in [5, 5.41) is 3.81. The van der Waals surface area contributed by atoms with E-state index in [2.05, 4.69) is 50.0 Å². The molecule has 2 atom stereocenters. The fourth-order valence-corrected chi connectivity index (χ4v) is 3.11. The Balaban J connectivity index is 2.21. The lowest BCUT2D eigenvalue weighted by Crippen LogP contribution is -2.45. The minimum absolute atomic E-state index is 0.631. The maximum atomic E-state index is 3.81. The molecule has 19 heavy (non-hydrogen) atoms.